The van der Waals surface area contributed by atoms with Gasteiger partial charge in [-0.15, -0.1) is 0 Å². The van der Waals surface area contributed by atoms with Gasteiger partial charge < -0.3 is 9.88 Å². The van der Waals surface area contributed by atoms with E-state index in [-0.39, 0.29) is 5.41 Å². The number of hydrogen-bond acceptors (Lipinski definition) is 2. The summed E-state index contributed by atoms with van der Waals surface area (Å²) < 4.78 is 2.54. The predicted octanol–water partition coefficient (Wildman–Crippen LogP) is 2.63. The summed E-state index contributed by atoms with van der Waals surface area (Å²) in [6.07, 6.45) is 3.89. The minimum absolute atomic E-state index is 0.141. The van der Waals surface area contributed by atoms with Crippen LogP contribution < -0.4 is 5.32 Å². The molecule has 1 aromatic rings. The van der Waals surface area contributed by atoms with Crippen molar-refractivity contribution in [2.45, 2.75) is 65.5 Å². The number of hydrogen-bond donors (Lipinski definition) is 1. The summed E-state index contributed by atoms with van der Waals surface area (Å²) in [5.74, 6) is 1.28. The Morgan fingerprint density at radius 3 is 2.67 bits per heavy atom. The van der Waals surface area contributed by atoms with Crippen LogP contribution in [0.15, 0.2) is 0 Å². The first-order valence-electron chi connectivity index (χ1n) is 7.19. The second-order valence-electron chi connectivity index (χ2n) is 7.40. The molecular formula is C15H25N3. The summed E-state index contributed by atoms with van der Waals surface area (Å²) in [5.41, 5.74) is 3.46. The van der Waals surface area contributed by atoms with Gasteiger partial charge in [0.05, 0.1) is 5.69 Å². The number of nitrogens with one attached hydrogen (secondary N) is 1. The van der Waals surface area contributed by atoms with E-state index >= 15 is 0 Å². The summed E-state index contributed by atoms with van der Waals surface area (Å²) in [6, 6.07) is 0. The standard InChI is InChI=1S/C15H25N3/c1-14(2,3)13-17-11-9-16-8-5-12(11)18(13)10-15(4)6-7-15/h16H,5-10H2,1-4H3. The van der Waals surface area contributed by atoms with Crippen LogP contribution in [0.5, 0.6) is 0 Å². The lowest BCUT2D eigenvalue weighted by atomic mass is 9.95. The molecule has 1 aliphatic heterocycles. The molecule has 100 valence electrons. The summed E-state index contributed by atoms with van der Waals surface area (Å²) >= 11 is 0. The third-order valence-corrected chi connectivity index (χ3v) is 4.30. The molecule has 3 rings (SSSR count). The molecule has 1 N–H and O–H groups in total. The van der Waals surface area contributed by atoms with Crippen LogP contribution in [0, 0.1) is 5.41 Å². The van der Waals surface area contributed by atoms with Crippen molar-refractivity contribution in [3.8, 4) is 0 Å². The number of aromatic nitrogens is 2. The Bertz CT molecular complexity index is 461. The molecule has 3 heteroatoms. The van der Waals surface area contributed by atoms with Crippen LogP contribution in [0.1, 0.15) is 57.7 Å². The molecule has 0 saturated heterocycles. The molecule has 18 heavy (non-hydrogen) atoms. The summed E-state index contributed by atoms with van der Waals surface area (Å²) in [6.45, 7) is 12.5. The zero-order valence-electron chi connectivity index (χ0n) is 12.1. The fourth-order valence-electron chi connectivity index (χ4n) is 2.87. The summed E-state index contributed by atoms with van der Waals surface area (Å²) in [7, 11) is 0. The predicted molar refractivity (Wildman–Crippen MR) is 73.7 cm³/mol. The maximum Gasteiger partial charge on any atom is 0.114 e. The maximum atomic E-state index is 4.93. The van der Waals surface area contributed by atoms with E-state index in [1.807, 2.05) is 0 Å². The third kappa shape index (κ3) is 2.09. The van der Waals surface area contributed by atoms with Crippen LogP contribution in [0.2, 0.25) is 0 Å². The number of rotatable bonds is 2. The molecule has 0 amide bonds. The smallest absolute Gasteiger partial charge is 0.114 e. The van der Waals surface area contributed by atoms with E-state index < -0.39 is 0 Å². The summed E-state index contributed by atoms with van der Waals surface area (Å²) in [4.78, 5) is 4.93. The van der Waals surface area contributed by atoms with Gasteiger partial charge in [-0.1, -0.05) is 27.7 Å². The molecule has 0 spiro atoms. The van der Waals surface area contributed by atoms with Crippen molar-refractivity contribution in [1.82, 2.24) is 14.9 Å². The van der Waals surface area contributed by atoms with Crippen molar-refractivity contribution >= 4 is 0 Å². The van der Waals surface area contributed by atoms with Gasteiger partial charge in [-0.25, -0.2) is 4.98 Å². The van der Waals surface area contributed by atoms with Crippen molar-refractivity contribution in [1.29, 1.82) is 0 Å². The zero-order valence-corrected chi connectivity index (χ0v) is 12.1. The Kier molecular flexibility index (Phi) is 2.60. The lowest BCUT2D eigenvalue weighted by molar-refractivity contribution is 0.408. The second kappa shape index (κ2) is 3.83. The van der Waals surface area contributed by atoms with E-state index in [0.717, 1.165) is 19.5 Å². The first-order chi connectivity index (χ1) is 8.39. The monoisotopic (exact) mass is 247 g/mol. The average Bonchev–Trinajstić information content (AvgIpc) is 2.88. The van der Waals surface area contributed by atoms with E-state index in [0.29, 0.717) is 5.41 Å². The van der Waals surface area contributed by atoms with Gasteiger partial charge in [0.1, 0.15) is 5.82 Å². The van der Waals surface area contributed by atoms with Crippen LogP contribution in [0.3, 0.4) is 0 Å². The molecule has 2 aliphatic rings. The Morgan fingerprint density at radius 1 is 1.33 bits per heavy atom. The van der Waals surface area contributed by atoms with E-state index in [2.05, 4.69) is 37.6 Å². The highest BCUT2D eigenvalue weighted by Crippen LogP contribution is 2.47. The van der Waals surface area contributed by atoms with Crippen molar-refractivity contribution in [3.63, 3.8) is 0 Å². The third-order valence-electron chi connectivity index (χ3n) is 4.30. The Morgan fingerprint density at radius 2 is 2.06 bits per heavy atom. The SMILES string of the molecule is CC1(Cn2c(C(C)(C)C)nc3c2CCNC3)CC1. The highest BCUT2D eigenvalue weighted by molar-refractivity contribution is 5.24. The lowest BCUT2D eigenvalue weighted by Crippen LogP contribution is -2.27. The zero-order chi connectivity index (χ0) is 13.0. The molecule has 1 saturated carbocycles. The molecule has 1 aromatic heterocycles. The summed E-state index contributed by atoms with van der Waals surface area (Å²) in [5, 5.41) is 3.44. The molecule has 3 nitrogen and oxygen atoms in total. The van der Waals surface area contributed by atoms with Gasteiger partial charge in [0.25, 0.3) is 0 Å². The Hall–Kier alpha value is -0.830. The first kappa shape index (κ1) is 12.2. The highest BCUT2D eigenvalue weighted by atomic mass is 15.1. The van der Waals surface area contributed by atoms with Crippen LogP contribution in [0.25, 0.3) is 0 Å². The van der Waals surface area contributed by atoms with Gasteiger partial charge in [-0.2, -0.15) is 0 Å². The lowest BCUT2D eigenvalue weighted by Gasteiger charge is -2.24. The van der Waals surface area contributed by atoms with Gasteiger partial charge in [-0.3, -0.25) is 0 Å². The van der Waals surface area contributed by atoms with Crippen LogP contribution in [-0.2, 0) is 24.9 Å². The van der Waals surface area contributed by atoms with Crippen molar-refractivity contribution < 1.29 is 0 Å². The van der Waals surface area contributed by atoms with Gasteiger partial charge in [0.15, 0.2) is 0 Å². The molecule has 0 atom stereocenters. The normalized spacial score (nSPS) is 21.8. The van der Waals surface area contributed by atoms with Gasteiger partial charge >= 0.3 is 0 Å². The van der Waals surface area contributed by atoms with Crippen molar-refractivity contribution in [3.05, 3.63) is 17.2 Å². The van der Waals surface area contributed by atoms with Crippen LogP contribution in [-0.4, -0.2) is 16.1 Å². The minimum atomic E-state index is 0.141. The van der Waals surface area contributed by atoms with Crippen LogP contribution >= 0.6 is 0 Å². The van der Waals surface area contributed by atoms with Crippen molar-refractivity contribution in [2.24, 2.45) is 5.41 Å². The topological polar surface area (TPSA) is 29.9 Å². The molecule has 1 fully saturated rings. The van der Waals surface area contributed by atoms with E-state index in [9.17, 15) is 0 Å². The molecule has 1 aliphatic carbocycles. The maximum absolute atomic E-state index is 4.93. The fraction of sp³-hybridized carbons (Fsp3) is 0.800. The quantitative estimate of drug-likeness (QED) is 0.870. The van der Waals surface area contributed by atoms with E-state index in [1.165, 1.54) is 36.6 Å². The molecule has 0 unspecified atom stereocenters. The first-order valence-corrected chi connectivity index (χ1v) is 7.19. The Labute approximate surface area is 110 Å². The number of imidazole rings is 1. The molecule has 0 aromatic carbocycles. The molecule has 0 bridgehead atoms. The van der Waals surface area contributed by atoms with E-state index in [4.69, 9.17) is 4.98 Å². The Balaban J connectivity index is 2.04. The number of fused-ring (bicyclic) bond motifs is 1. The molecule has 0 radical (unpaired) electrons. The second-order valence-corrected chi connectivity index (χ2v) is 7.40. The fourth-order valence-corrected chi connectivity index (χ4v) is 2.87. The van der Waals surface area contributed by atoms with Gasteiger partial charge in [0, 0.05) is 37.2 Å². The molecule has 2 heterocycles. The van der Waals surface area contributed by atoms with Gasteiger partial charge in [0.2, 0.25) is 0 Å². The minimum Gasteiger partial charge on any atom is -0.331 e. The van der Waals surface area contributed by atoms with Crippen LogP contribution in [0.4, 0.5) is 0 Å². The largest absolute Gasteiger partial charge is 0.331 e. The molecular weight excluding hydrogens is 222 g/mol. The van der Waals surface area contributed by atoms with Crippen molar-refractivity contribution in [2.75, 3.05) is 6.54 Å². The van der Waals surface area contributed by atoms with Gasteiger partial charge in [-0.05, 0) is 18.3 Å². The van der Waals surface area contributed by atoms with E-state index in [1.54, 1.807) is 0 Å². The highest BCUT2D eigenvalue weighted by Gasteiger charge is 2.40. The number of nitrogens with zero attached hydrogens (tertiary/aromatic N) is 2. The average molecular weight is 247 g/mol.